The van der Waals surface area contributed by atoms with Crippen molar-refractivity contribution in [3.63, 3.8) is 0 Å². The van der Waals surface area contributed by atoms with E-state index >= 15 is 0 Å². The van der Waals surface area contributed by atoms with E-state index in [-0.39, 0.29) is 0 Å². The first-order valence-electron chi connectivity index (χ1n) is 4.73. The molecule has 0 N–H and O–H groups in total. The molecular weight excluding hydrogens is 172 g/mol. The molecule has 12 heavy (non-hydrogen) atoms. The predicted octanol–water partition coefficient (Wildman–Crippen LogP) is 3.41. The van der Waals surface area contributed by atoms with Gasteiger partial charge in [-0.15, -0.1) is 0 Å². The lowest BCUT2D eigenvalue weighted by molar-refractivity contribution is -0.0128. The van der Waals surface area contributed by atoms with E-state index in [2.05, 4.69) is 20.8 Å². The zero-order valence-electron chi connectivity index (χ0n) is 8.27. The molecule has 0 bridgehead atoms. The van der Waals surface area contributed by atoms with Gasteiger partial charge in [-0.1, -0.05) is 32.4 Å². The molecule has 0 amide bonds. The summed E-state index contributed by atoms with van der Waals surface area (Å²) in [5, 5.41) is 0. The summed E-state index contributed by atoms with van der Waals surface area (Å²) in [4.78, 5) is 0. The average molecular weight is 191 g/mol. The molecule has 0 radical (unpaired) electrons. The summed E-state index contributed by atoms with van der Waals surface area (Å²) in [5.41, 5.74) is 0.506. The van der Waals surface area contributed by atoms with Gasteiger partial charge in [-0.3, -0.25) is 0 Å². The summed E-state index contributed by atoms with van der Waals surface area (Å²) < 4.78 is 5.45. The number of hydrogen-bond acceptors (Lipinski definition) is 1. The van der Waals surface area contributed by atoms with Crippen LogP contribution in [0.4, 0.5) is 0 Å². The second-order valence-electron chi connectivity index (χ2n) is 4.70. The van der Waals surface area contributed by atoms with E-state index in [0.717, 1.165) is 0 Å². The van der Waals surface area contributed by atoms with Gasteiger partial charge < -0.3 is 4.74 Å². The van der Waals surface area contributed by atoms with Crippen molar-refractivity contribution in [2.45, 2.75) is 46.1 Å². The molecule has 1 saturated carbocycles. The second-order valence-corrected chi connectivity index (χ2v) is 4.92. The third kappa shape index (κ3) is 2.63. The molecule has 1 nitrogen and oxygen atoms in total. The quantitative estimate of drug-likeness (QED) is 0.607. The van der Waals surface area contributed by atoms with E-state index in [1.807, 2.05) is 0 Å². The highest BCUT2D eigenvalue weighted by Crippen LogP contribution is 2.39. The Kier molecular flexibility index (Phi) is 3.42. The van der Waals surface area contributed by atoms with Crippen molar-refractivity contribution in [3.8, 4) is 0 Å². The monoisotopic (exact) mass is 190 g/mol. The van der Waals surface area contributed by atoms with E-state index in [9.17, 15) is 0 Å². The Morgan fingerprint density at radius 2 is 2.17 bits per heavy atom. The van der Waals surface area contributed by atoms with Crippen LogP contribution in [0.3, 0.4) is 0 Å². The van der Waals surface area contributed by atoms with Crippen LogP contribution < -0.4 is 0 Å². The van der Waals surface area contributed by atoms with Gasteiger partial charge in [-0.25, -0.2) is 0 Å². The summed E-state index contributed by atoms with van der Waals surface area (Å²) in [6.45, 7) is 6.93. The second kappa shape index (κ2) is 3.97. The fourth-order valence-electron chi connectivity index (χ4n) is 2.25. The maximum atomic E-state index is 5.55. The van der Waals surface area contributed by atoms with Gasteiger partial charge in [0.15, 0.2) is 0 Å². The molecule has 1 aliphatic rings. The normalized spacial score (nSPS) is 35.0. The summed E-state index contributed by atoms with van der Waals surface area (Å²) in [7, 11) is 0. The Hall–Kier alpha value is 0.250. The Bertz CT molecular complexity index is 145. The smallest absolute Gasteiger partial charge is 0.121 e. The van der Waals surface area contributed by atoms with Crippen molar-refractivity contribution in [1.29, 1.82) is 0 Å². The molecule has 72 valence electrons. The summed E-state index contributed by atoms with van der Waals surface area (Å²) >= 11 is 5.55. The Balaban J connectivity index is 2.42. The Morgan fingerprint density at radius 3 is 2.67 bits per heavy atom. The first kappa shape index (κ1) is 10.3. The van der Waals surface area contributed by atoms with Crippen LogP contribution in [0.2, 0.25) is 0 Å². The number of ether oxygens (including phenoxy) is 1. The van der Waals surface area contributed by atoms with Crippen molar-refractivity contribution >= 4 is 11.6 Å². The SMILES string of the molecule is CC1CC(C)(C)CCC1OCCl. The van der Waals surface area contributed by atoms with E-state index in [4.69, 9.17) is 16.3 Å². The minimum atomic E-state index is 0.343. The van der Waals surface area contributed by atoms with Gasteiger partial charge in [0.2, 0.25) is 0 Å². The zero-order chi connectivity index (χ0) is 9.19. The van der Waals surface area contributed by atoms with Crippen LogP contribution in [-0.2, 0) is 4.74 Å². The third-order valence-electron chi connectivity index (χ3n) is 2.89. The molecule has 0 aromatic heterocycles. The lowest BCUT2D eigenvalue weighted by atomic mass is 9.71. The highest BCUT2D eigenvalue weighted by atomic mass is 35.5. The van der Waals surface area contributed by atoms with Crippen LogP contribution in [0.1, 0.15) is 40.0 Å². The van der Waals surface area contributed by atoms with Gasteiger partial charge >= 0.3 is 0 Å². The van der Waals surface area contributed by atoms with Gasteiger partial charge in [-0.05, 0) is 30.6 Å². The Morgan fingerprint density at radius 1 is 1.50 bits per heavy atom. The molecule has 0 aromatic carbocycles. The van der Waals surface area contributed by atoms with Crippen LogP contribution in [0, 0.1) is 11.3 Å². The molecule has 0 saturated heterocycles. The maximum Gasteiger partial charge on any atom is 0.121 e. The van der Waals surface area contributed by atoms with E-state index in [1.165, 1.54) is 19.3 Å². The highest BCUT2D eigenvalue weighted by molar-refractivity contribution is 6.17. The molecule has 0 aromatic rings. The molecular formula is C10H19ClO. The van der Waals surface area contributed by atoms with Gasteiger partial charge in [0.25, 0.3) is 0 Å². The van der Waals surface area contributed by atoms with Crippen LogP contribution in [0.15, 0.2) is 0 Å². The molecule has 1 fully saturated rings. The molecule has 0 heterocycles. The minimum absolute atomic E-state index is 0.343. The third-order valence-corrected chi connectivity index (χ3v) is 3.02. The number of hydrogen-bond donors (Lipinski definition) is 0. The van der Waals surface area contributed by atoms with Gasteiger partial charge in [-0.2, -0.15) is 0 Å². The standard InChI is InChI=1S/C10H19ClO/c1-8-6-10(2,3)5-4-9(8)12-7-11/h8-9H,4-7H2,1-3H3. The molecule has 2 atom stereocenters. The van der Waals surface area contributed by atoms with Gasteiger partial charge in [0.1, 0.15) is 6.07 Å². The first-order valence-corrected chi connectivity index (χ1v) is 5.26. The highest BCUT2D eigenvalue weighted by Gasteiger charge is 2.32. The molecule has 0 spiro atoms. The largest absolute Gasteiger partial charge is 0.362 e. The fraction of sp³-hybridized carbons (Fsp3) is 1.00. The average Bonchev–Trinajstić information content (AvgIpc) is 1.94. The van der Waals surface area contributed by atoms with Crippen molar-refractivity contribution in [3.05, 3.63) is 0 Å². The van der Waals surface area contributed by atoms with Gasteiger partial charge in [0, 0.05) is 0 Å². The van der Waals surface area contributed by atoms with E-state index in [1.54, 1.807) is 0 Å². The minimum Gasteiger partial charge on any atom is -0.362 e. The number of rotatable bonds is 2. The van der Waals surface area contributed by atoms with Crippen LogP contribution >= 0.6 is 11.6 Å². The fourth-order valence-corrected chi connectivity index (χ4v) is 2.41. The zero-order valence-corrected chi connectivity index (χ0v) is 9.03. The summed E-state index contributed by atoms with van der Waals surface area (Å²) in [6, 6.07) is 0.343. The lowest BCUT2D eigenvalue weighted by Gasteiger charge is -2.38. The summed E-state index contributed by atoms with van der Waals surface area (Å²) in [5.74, 6) is 0.660. The molecule has 1 rings (SSSR count). The summed E-state index contributed by atoms with van der Waals surface area (Å²) in [6.07, 6.45) is 4.09. The number of alkyl halides is 1. The lowest BCUT2D eigenvalue weighted by Crippen LogP contribution is -2.33. The Labute approximate surface area is 80.4 Å². The van der Waals surface area contributed by atoms with Crippen LogP contribution in [0.5, 0.6) is 0 Å². The van der Waals surface area contributed by atoms with E-state index < -0.39 is 0 Å². The first-order chi connectivity index (χ1) is 5.55. The van der Waals surface area contributed by atoms with E-state index in [0.29, 0.717) is 23.5 Å². The number of halogens is 1. The van der Waals surface area contributed by atoms with Crippen LogP contribution in [0.25, 0.3) is 0 Å². The van der Waals surface area contributed by atoms with Crippen molar-refractivity contribution in [1.82, 2.24) is 0 Å². The molecule has 2 unspecified atom stereocenters. The maximum absolute atomic E-state index is 5.55. The predicted molar refractivity (Wildman–Crippen MR) is 52.4 cm³/mol. The van der Waals surface area contributed by atoms with Crippen molar-refractivity contribution in [2.75, 3.05) is 6.07 Å². The van der Waals surface area contributed by atoms with Gasteiger partial charge in [0.05, 0.1) is 6.10 Å². The van der Waals surface area contributed by atoms with Crippen molar-refractivity contribution in [2.24, 2.45) is 11.3 Å². The van der Waals surface area contributed by atoms with Crippen LogP contribution in [-0.4, -0.2) is 12.2 Å². The topological polar surface area (TPSA) is 9.23 Å². The van der Waals surface area contributed by atoms with Crippen molar-refractivity contribution < 1.29 is 4.74 Å². The molecule has 2 heteroatoms. The molecule has 0 aliphatic heterocycles. The molecule has 1 aliphatic carbocycles.